The van der Waals surface area contributed by atoms with Crippen LogP contribution in [-0.2, 0) is 6.54 Å². The maximum atomic E-state index is 6.18. The van der Waals surface area contributed by atoms with E-state index in [1.165, 1.54) is 5.56 Å². The van der Waals surface area contributed by atoms with Crippen molar-refractivity contribution in [2.24, 2.45) is 5.73 Å². The summed E-state index contributed by atoms with van der Waals surface area (Å²) in [6, 6.07) is 14.1. The Morgan fingerprint density at radius 3 is 2.67 bits per heavy atom. The van der Waals surface area contributed by atoms with Gasteiger partial charge < -0.3 is 10.5 Å². The summed E-state index contributed by atoms with van der Waals surface area (Å²) in [5.41, 5.74) is 9.99. The van der Waals surface area contributed by atoms with Gasteiger partial charge in [0, 0.05) is 23.7 Å². The number of nitrogens with two attached hydrogens (primary N) is 1. The van der Waals surface area contributed by atoms with Crippen LogP contribution in [0.25, 0.3) is 10.9 Å². The van der Waals surface area contributed by atoms with Crippen molar-refractivity contribution < 1.29 is 4.74 Å². The lowest BCUT2D eigenvalue weighted by atomic mass is 10.1. The summed E-state index contributed by atoms with van der Waals surface area (Å²) in [7, 11) is 0. The van der Waals surface area contributed by atoms with Crippen LogP contribution in [0.1, 0.15) is 16.7 Å². The lowest BCUT2D eigenvalue weighted by molar-refractivity contribution is 0.478. The summed E-state index contributed by atoms with van der Waals surface area (Å²) < 4.78 is 6.18. The van der Waals surface area contributed by atoms with E-state index in [1.807, 2.05) is 43.3 Å². The van der Waals surface area contributed by atoms with E-state index in [4.69, 9.17) is 10.5 Å². The molecule has 0 atom stereocenters. The van der Waals surface area contributed by atoms with E-state index in [9.17, 15) is 0 Å². The SMILES string of the molecule is Cc1ccc(Oc2c(CN)cnc3ccccc23)c(C)c1. The van der Waals surface area contributed by atoms with Crippen molar-refractivity contribution in [3.05, 3.63) is 65.4 Å². The van der Waals surface area contributed by atoms with E-state index >= 15 is 0 Å². The number of ether oxygens (including phenoxy) is 1. The van der Waals surface area contributed by atoms with Gasteiger partial charge in [0.15, 0.2) is 0 Å². The van der Waals surface area contributed by atoms with Gasteiger partial charge >= 0.3 is 0 Å². The van der Waals surface area contributed by atoms with Gasteiger partial charge in [0.05, 0.1) is 5.52 Å². The van der Waals surface area contributed by atoms with Crippen molar-refractivity contribution in [3.8, 4) is 11.5 Å². The van der Waals surface area contributed by atoms with Crippen LogP contribution in [0.4, 0.5) is 0 Å². The highest BCUT2D eigenvalue weighted by molar-refractivity contribution is 5.86. The van der Waals surface area contributed by atoms with Crippen molar-refractivity contribution in [3.63, 3.8) is 0 Å². The zero-order chi connectivity index (χ0) is 14.8. The molecule has 0 saturated heterocycles. The molecule has 2 aromatic carbocycles. The van der Waals surface area contributed by atoms with Crippen LogP contribution in [0, 0.1) is 13.8 Å². The minimum Gasteiger partial charge on any atom is -0.456 e. The zero-order valence-electron chi connectivity index (χ0n) is 12.3. The first-order valence-corrected chi connectivity index (χ1v) is 7.01. The Hall–Kier alpha value is -2.39. The Bertz CT molecular complexity index is 796. The van der Waals surface area contributed by atoms with Crippen LogP contribution in [0.15, 0.2) is 48.7 Å². The van der Waals surface area contributed by atoms with Crippen LogP contribution >= 0.6 is 0 Å². The molecule has 0 amide bonds. The average Bonchev–Trinajstić information content (AvgIpc) is 2.50. The third-order valence-electron chi connectivity index (χ3n) is 3.56. The third-order valence-corrected chi connectivity index (χ3v) is 3.56. The highest BCUT2D eigenvalue weighted by atomic mass is 16.5. The molecule has 3 heteroatoms. The van der Waals surface area contributed by atoms with Crippen molar-refractivity contribution in [2.45, 2.75) is 20.4 Å². The highest BCUT2D eigenvalue weighted by Gasteiger charge is 2.11. The average molecular weight is 278 g/mol. The van der Waals surface area contributed by atoms with E-state index < -0.39 is 0 Å². The number of benzene rings is 2. The third kappa shape index (κ3) is 2.60. The summed E-state index contributed by atoms with van der Waals surface area (Å²) in [5.74, 6) is 1.65. The van der Waals surface area contributed by atoms with E-state index in [2.05, 4.69) is 18.0 Å². The zero-order valence-corrected chi connectivity index (χ0v) is 12.3. The largest absolute Gasteiger partial charge is 0.456 e. The van der Waals surface area contributed by atoms with E-state index in [0.717, 1.165) is 33.5 Å². The van der Waals surface area contributed by atoms with Crippen molar-refractivity contribution in [1.82, 2.24) is 4.98 Å². The molecule has 0 aliphatic carbocycles. The number of rotatable bonds is 3. The summed E-state index contributed by atoms with van der Waals surface area (Å²) in [6.07, 6.45) is 1.79. The predicted octanol–water partition coefficient (Wildman–Crippen LogP) is 4.10. The number of hydrogen-bond donors (Lipinski definition) is 1. The molecule has 0 aliphatic rings. The number of hydrogen-bond acceptors (Lipinski definition) is 3. The van der Waals surface area contributed by atoms with E-state index in [1.54, 1.807) is 6.20 Å². The fourth-order valence-corrected chi connectivity index (χ4v) is 2.45. The maximum absolute atomic E-state index is 6.18. The molecule has 0 radical (unpaired) electrons. The molecule has 106 valence electrons. The molecule has 0 bridgehead atoms. The van der Waals surface area contributed by atoms with E-state index in [-0.39, 0.29) is 0 Å². The molecule has 0 spiro atoms. The van der Waals surface area contributed by atoms with Gasteiger partial charge in [-0.3, -0.25) is 4.98 Å². The number of para-hydroxylation sites is 1. The molecule has 1 aromatic heterocycles. The molecule has 2 N–H and O–H groups in total. The van der Waals surface area contributed by atoms with Gasteiger partial charge in [-0.25, -0.2) is 0 Å². The summed E-state index contributed by atoms with van der Waals surface area (Å²) in [6.45, 7) is 4.52. The molecule has 0 fully saturated rings. The first-order chi connectivity index (χ1) is 10.2. The number of fused-ring (bicyclic) bond motifs is 1. The lowest BCUT2D eigenvalue weighted by Gasteiger charge is -2.14. The second-order valence-corrected chi connectivity index (χ2v) is 5.20. The number of aryl methyl sites for hydroxylation is 2. The van der Waals surface area contributed by atoms with Gasteiger partial charge in [0.2, 0.25) is 0 Å². The minimum atomic E-state index is 0.401. The summed E-state index contributed by atoms with van der Waals surface area (Å²) in [4.78, 5) is 4.43. The monoisotopic (exact) mass is 278 g/mol. The highest BCUT2D eigenvalue weighted by Crippen LogP contribution is 2.33. The van der Waals surface area contributed by atoms with Crippen molar-refractivity contribution in [1.29, 1.82) is 0 Å². The Labute approximate surface area is 124 Å². The molecule has 1 heterocycles. The fraction of sp³-hybridized carbons (Fsp3) is 0.167. The second kappa shape index (κ2) is 5.54. The van der Waals surface area contributed by atoms with Gasteiger partial charge in [-0.1, -0.05) is 29.8 Å². The van der Waals surface area contributed by atoms with Crippen LogP contribution in [0.5, 0.6) is 11.5 Å². The minimum absolute atomic E-state index is 0.401. The van der Waals surface area contributed by atoms with Gasteiger partial charge in [0.1, 0.15) is 11.5 Å². The second-order valence-electron chi connectivity index (χ2n) is 5.20. The number of pyridine rings is 1. The molecule has 0 aliphatic heterocycles. The predicted molar refractivity (Wildman–Crippen MR) is 85.6 cm³/mol. The Morgan fingerprint density at radius 2 is 1.90 bits per heavy atom. The molecule has 0 unspecified atom stereocenters. The first-order valence-electron chi connectivity index (χ1n) is 7.01. The van der Waals surface area contributed by atoms with Gasteiger partial charge in [-0.15, -0.1) is 0 Å². The quantitative estimate of drug-likeness (QED) is 0.784. The number of nitrogens with zero attached hydrogens (tertiary/aromatic N) is 1. The van der Waals surface area contributed by atoms with Crippen molar-refractivity contribution >= 4 is 10.9 Å². The van der Waals surface area contributed by atoms with Gasteiger partial charge in [0.25, 0.3) is 0 Å². The normalized spacial score (nSPS) is 10.8. The van der Waals surface area contributed by atoms with Crippen LogP contribution in [-0.4, -0.2) is 4.98 Å². The molecular formula is C18H18N2O. The van der Waals surface area contributed by atoms with Gasteiger partial charge in [-0.2, -0.15) is 0 Å². The smallest absolute Gasteiger partial charge is 0.142 e. The van der Waals surface area contributed by atoms with Crippen LogP contribution in [0.3, 0.4) is 0 Å². The molecule has 3 rings (SSSR count). The Balaban J connectivity index is 2.14. The van der Waals surface area contributed by atoms with Crippen LogP contribution < -0.4 is 10.5 Å². The summed E-state index contributed by atoms with van der Waals surface area (Å²) in [5, 5.41) is 0.987. The maximum Gasteiger partial charge on any atom is 0.142 e. The lowest BCUT2D eigenvalue weighted by Crippen LogP contribution is -2.02. The van der Waals surface area contributed by atoms with Crippen molar-refractivity contribution in [2.75, 3.05) is 0 Å². The molecular weight excluding hydrogens is 260 g/mol. The fourth-order valence-electron chi connectivity index (χ4n) is 2.45. The Morgan fingerprint density at radius 1 is 1.10 bits per heavy atom. The number of aromatic nitrogens is 1. The molecule has 21 heavy (non-hydrogen) atoms. The topological polar surface area (TPSA) is 48.1 Å². The molecule has 0 saturated carbocycles. The van der Waals surface area contributed by atoms with Gasteiger partial charge in [-0.05, 0) is 37.6 Å². The summed E-state index contributed by atoms with van der Waals surface area (Å²) >= 11 is 0. The first kappa shape index (κ1) is 13.6. The van der Waals surface area contributed by atoms with Crippen LogP contribution in [0.2, 0.25) is 0 Å². The Kier molecular flexibility index (Phi) is 3.59. The van der Waals surface area contributed by atoms with E-state index in [0.29, 0.717) is 6.54 Å². The standard InChI is InChI=1S/C18H18N2O/c1-12-7-8-17(13(2)9-12)21-18-14(10-19)11-20-16-6-4-3-5-15(16)18/h3-9,11H,10,19H2,1-2H3. The molecule has 3 nitrogen and oxygen atoms in total. The molecule has 3 aromatic rings.